The predicted molar refractivity (Wildman–Crippen MR) is 121 cm³/mol. The summed E-state index contributed by atoms with van der Waals surface area (Å²) in [4.78, 5) is 28.2. The van der Waals surface area contributed by atoms with Crippen LogP contribution in [-0.4, -0.2) is 89.1 Å². The van der Waals surface area contributed by atoms with Crippen LogP contribution in [-0.2, 0) is 10.0 Å². The molecule has 1 aromatic heterocycles. The SMILES string of the molecule is CCS(=O)(=O)NC1C[N+]1(C)c1nc(/N=C(/CO)CCO)nc(Nc2ccc(C(=O)O)cc2)n1. The van der Waals surface area contributed by atoms with Crippen molar-refractivity contribution in [2.24, 2.45) is 4.99 Å². The smallest absolute Gasteiger partial charge is 0.337 e. The second kappa shape index (κ2) is 9.84. The lowest BCUT2D eigenvalue weighted by atomic mass is 10.2. The molecule has 0 radical (unpaired) electrons. The van der Waals surface area contributed by atoms with E-state index in [0.29, 0.717) is 12.2 Å². The second-order valence-corrected chi connectivity index (χ2v) is 9.61. The van der Waals surface area contributed by atoms with Gasteiger partial charge < -0.3 is 20.6 Å². The van der Waals surface area contributed by atoms with Gasteiger partial charge in [-0.2, -0.15) is 9.71 Å². The van der Waals surface area contributed by atoms with Gasteiger partial charge in [-0.3, -0.25) is 0 Å². The number of carboxylic acid groups (broad SMARTS) is 1. The summed E-state index contributed by atoms with van der Waals surface area (Å²) in [7, 11) is -1.67. The molecule has 1 saturated heterocycles. The van der Waals surface area contributed by atoms with Crippen molar-refractivity contribution in [1.82, 2.24) is 24.2 Å². The number of carbonyl (C=O) groups is 1. The van der Waals surface area contributed by atoms with Crippen LogP contribution in [0.5, 0.6) is 0 Å². The van der Waals surface area contributed by atoms with Crippen LogP contribution < -0.4 is 14.5 Å². The average Bonchev–Trinajstić information content (AvgIpc) is 3.43. The van der Waals surface area contributed by atoms with Crippen LogP contribution in [0.2, 0.25) is 0 Å². The summed E-state index contributed by atoms with van der Waals surface area (Å²) < 4.78 is 26.6. The Labute approximate surface area is 190 Å². The van der Waals surface area contributed by atoms with E-state index in [2.05, 4.69) is 30.0 Å². The molecule has 1 aromatic carbocycles. The Kier molecular flexibility index (Phi) is 7.34. The fraction of sp³-hybridized carbons (Fsp3) is 0.421. The Hall–Kier alpha value is -3.04. The third-order valence-corrected chi connectivity index (χ3v) is 6.49. The number of likely N-dealkylation sites (N-methyl/N-ethyl adjacent to an activating group) is 1. The summed E-state index contributed by atoms with van der Waals surface area (Å²) in [5.74, 6) is -0.785. The predicted octanol–water partition coefficient (Wildman–Crippen LogP) is -0.0233. The number of quaternary nitrogens is 1. The molecule has 2 unspecified atom stereocenters. The molecule has 2 atom stereocenters. The van der Waals surface area contributed by atoms with Gasteiger partial charge in [-0.25, -0.2) is 22.7 Å². The Balaban J connectivity index is 1.95. The fourth-order valence-corrected chi connectivity index (χ4v) is 3.82. The van der Waals surface area contributed by atoms with Gasteiger partial charge in [0, 0.05) is 24.4 Å². The molecule has 178 valence electrons. The Morgan fingerprint density at radius 2 is 1.91 bits per heavy atom. The molecule has 0 bridgehead atoms. The van der Waals surface area contributed by atoms with Gasteiger partial charge >= 0.3 is 11.9 Å². The van der Waals surface area contributed by atoms with Crippen molar-refractivity contribution in [3.63, 3.8) is 0 Å². The van der Waals surface area contributed by atoms with E-state index in [0.717, 1.165) is 0 Å². The average molecular weight is 481 g/mol. The van der Waals surface area contributed by atoms with Crippen molar-refractivity contribution in [3.05, 3.63) is 29.8 Å². The first kappa shape index (κ1) is 24.6. The van der Waals surface area contributed by atoms with Crippen molar-refractivity contribution in [3.8, 4) is 0 Å². The lowest BCUT2D eigenvalue weighted by molar-refractivity contribution is 0.0697. The van der Waals surface area contributed by atoms with E-state index in [4.69, 9.17) is 10.2 Å². The van der Waals surface area contributed by atoms with E-state index >= 15 is 0 Å². The van der Waals surface area contributed by atoms with Crippen molar-refractivity contribution in [2.75, 3.05) is 37.9 Å². The van der Waals surface area contributed by atoms with Crippen LogP contribution in [0.15, 0.2) is 29.3 Å². The van der Waals surface area contributed by atoms with Crippen molar-refractivity contribution >= 4 is 45.2 Å². The highest BCUT2D eigenvalue weighted by Gasteiger charge is 2.57. The molecule has 14 heteroatoms. The van der Waals surface area contributed by atoms with Gasteiger partial charge in [0.25, 0.3) is 5.95 Å². The second-order valence-electron chi connectivity index (χ2n) is 7.56. The number of nitrogens with zero attached hydrogens (tertiary/aromatic N) is 5. The molecule has 0 saturated carbocycles. The standard InChI is InChI=1S/C19H25N7O6S/c1-3-33(31,32)25-15-10-26(15,2)19-23-17(20-13-6-4-12(5-7-13)16(29)30)22-18(24-19)21-14(11-28)8-9-27/h4-7,15,25,27-28H,3,8-11H2,1-2H3,(H-,20,22,23,24,29,30)/p+1/b21-14+. The highest BCUT2D eigenvalue weighted by atomic mass is 32.2. The number of aliphatic imine (C=N–C) groups is 1. The zero-order valence-corrected chi connectivity index (χ0v) is 18.9. The molecule has 2 aromatic rings. The molecule has 2 heterocycles. The van der Waals surface area contributed by atoms with Gasteiger partial charge in [0.2, 0.25) is 22.1 Å². The molecule has 0 spiro atoms. The summed E-state index contributed by atoms with van der Waals surface area (Å²) >= 11 is 0. The van der Waals surface area contributed by atoms with Crippen LogP contribution >= 0.6 is 0 Å². The minimum absolute atomic E-state index is 0.0227. The first-order valence-electron chi connectivity index (χ1n) is 10.1. The number of hydrogen-bond donors (Lipinski definition) is 5. The zero-order valence-electron chi connectivity index (χ0n) is 18.1. The molecule has 1 fully saturated rings. The number of aliphatic hydroxyl groups excluding tert-OH is 2. The number of nitrogens with one attached hydrogen (secondary N) is 2. The molecule has 1 aliphatic heterocycles. The van der Waals surface area contributed by atoms with E-state index in [1.807, 2.05) is 0 Å². The van der Waals surface area contributed by atoms with Gasteiger partial charge in [0.05, 0.1) is 25.0 Å². The topological polar surface area (TPSA) is 187 Å². The van der Waals surface area contributed by atoms with Crippen LogP contribution in [0, 0.1) is 0 Å². The largest absolute Gasteiger partial charge is 0.478 e. The number of aromatic nitrogens is 3. The van der Waals surface area contributed by atoms with Crippen LogP contribution in [0.3, 0.4) is 0 Å². The van der Waals surface area contributed by atoms with Crippen molar-refractivity contribution < 1.29 is 28.5 Å². The van der Waals surface area contributed by atoms with Crippen molar-refractivity contribution in [1.29, 1.82) is 0 Å². The normalized spacial score (nSPS) is 20.5. The van der Waals surface area contributed by atoms with E-state index in [9.17, 15) is 18.3 Å². The summed E-state index contributed by atoms with van der Waals surface area (Å²) in [5.41, 5.74) is 0.900. The Morgan fingerprint density at radius 1 is 1.21 bits per heavy atom. The number of anilines is 2. The maximum Gasteiger partial charge on any atom is 0.337 e. The molecule has 0 aliphatic carbocycles. The molecular weight excluding hydrogens is 454 g/mol. The quantitative estimate of drug-likeness (QED) is 0.166. The van der Waals surface area contributed by atoms with Crippen LogP contribution in [0.4, 0.5) is 23.5 Å². The first-order valence-corrected chi connectivity index (χ1v) is 11.8. The summed E-state index contributed by atoms with van der Waals surface area (Å²) in [6.07, 6.45) is -0.325. The highest BCUT2D eigenvalue weighted by Crippen LogP contribution is 2.34. The summed E-state index contributed by atoms with van der Waals surface area (Å²) in [6, 6.07) is 5.94. The third-order valence-electron chi connectivity index (χ3n) is 5.10. The molecule has 3 rings (SSSR count). The van der Waals surface area contributed by atoms with Gasteiger partial charge in [0.15, 0.2) is 6.54 Å². The molecule has 33 heavy (non-hydrogen) atoms. The molecule has 13 nitrogen and oxygen atoms in total. The monoisotopic (exact) mass is 480 g/mol. The maximum absolute atomic E-state index is 12.0. The number of rotatable bonds is 11. The Bertz CT molecular complexity index is 1160. The van der Waals surface area contributed by atoms with Gasteiger partial charge in [-0.15, -0.1) is 9.97 Å². The first-order chi connectivity index (χ1) is 15.6. The van der Waals surface area contributed by atoms with Gasteiger partial charge in [0.1, 0.15) is 0 Å². The fourth-order valence-electron chi connectivity index (χ4n) is 2.93. The minimum atomic E-state index is -3.43. The van der Waals surface area contributed by atoms with Gasteiger partial charge in [-0.1, -0.05) is 0 Å². The van der Waals surface area contributed by atoms with Crippen LogP contribution in [0.25, 0.3) is 0 Å². The maximum atomic E-state index is 12.0. The lowest BCUT2D eigenvalue weighted by Gasteiger charge is -2.14. The molecule has 5 N–H and O–H groups in total. The minimum Gasteiger partial charge on any atom is -0.478 e. The van der Waals surface area contributed by atoms with E-state index in [-0.39, 0.29) is 52.4 Å². The number of aromatic carboxylic acids is 1. The molecule has 1 aliphatic rings. The van der Waals surface area contributed by atoms with Crippen molar-refractivity contribution in [2.45, 2.75) is 19.5 Å². The van der Waals surface area contributed by atoms with Crippen LogP contribution in [0.1, 0.15) is 23.7 Å². The zero-order chi connectivity index (χ0) is 24.2. The number of aliphatic hydroxyl groups is 2. The highest BCUT2D eigenvalue weighted by molar-refractivity contribution is 7.89. The van der Waals surface area contributed by atoms with Gasteiger partial charge in [-0.05, 0) is 31.2 Å². The molecule has 0 amide bonds. The van der Waals surface area contributed by atoms with E-state index in [1.165, 1.54) is 12.1 Å². The number of benzene rings is 1. The Morgan fingerprint density at radius 3 is 2.48 bits per heavy atom. The third kappa shape index (κ3) is 6.06. The number of sulfonamides is 1. The summed E-state index contributed by atoms with van der Waals surface area (Å²) in [5, 5.41) is 30.6. The lowest BCUT2D eigenvalue weighted by Crippen LogP contribution is -2.37. The van der Waals surface area contributed by atoms with E-state index in [1.54, 1.807) is 26.1 Å². The summed E-state index contributed by atoms with van der Waals surface area (Å²) in [6.45, 7) is 1.35. The van der Waals surface area contributed by atoms with E-state index < -0.39 is 28.8 Å². The molecular formula is C19H26N7O6S+. The number of hydrogen-bond acceptors (Lipinski definition) is 10. The number of carboxylic acids is 1.